The standard InChI is InChI=1S/C15H13BrCl2N2O/c1-19-15(21)10-4-2-9(3-5-10)8-20-14-12(17)6-11(16)7-13(14)18/h2-7,20H,8H2,1H3,(H,19,21). The van der Waals surface area contributed by atoms with E-state index < -0.39 is 0 Å². The van der Waals surface area contributed by atoms with Gasteiger partial charge in [-0.2, -0.15) is 0 Å². The maximum absolute atomic E-state index is 11.5. The van der Waals surface area contributed by atoms with E-state index in [0.717, 1.165) is 10.0 Å². The first-order valence-electron chi connectivity index (χ1n) is 6.20. The molecule has 0 aromatic heterocycles. The molecule has 0 bridgehead atoms. The topological polar surface area (TPSA) is 41.1 Å². The van der Waals surface area contributed by atoms with Crippen LogP contribution in [0.1, 0.15) is 15.9 Å². The molecule has 0 spiro atoms. The summed E-state index contributed by atoms with van der Waals surface area (Å²) in [6.07, 6.45) is 0. The van der Waals surface area contributed by atoms with Gasteiger partial charge in [0.15, 0.2) is 0 Å². The van der Waals surface area contributed by atoms with Gasteiger partial charge < -0.3 is 10.6 Å². The summed E-state index contributed by atoms with van der Waals surface area (Å²) in [5.41, 5.74) is 2.34. The molecule has 0 fully saturated rings. The Morgan fingerprint density at radius 3 is 2.24 bits per heavy atom. The maximum atomic E-state index is 11.5. The summed E-state index contributed by atoms with van der Waals surface area (Å²) < 4.78 is 0.831. The highest BCUT2D eigenvalue weighted by atomic mass is 79.9. The van der Waals surface area contributed by atoms with Crippen molar-refractivity contribution in [1.29, 1.82) is 0 Å². The summed E-state index contributed by atoms with van der Waals surface area (Å²) in [5.74, 6) is -0.103. The molecule has 0 aliphatic rings. The first-order valence-corrected chi connectivity index (χ1v) is 7.75. The van der Waals surface area contributed by atoms with E-state index in [1.165, 1.54) is 0 Å². The van der Waals surface area contributed by atoms with Gasteiger partial charge in [0.25, 0.3) is 5.91 Å². The fourth-order valence-electron chi connectivity index (χ4n) is 1.82. The number of benzene rings is 2. The van der Waals surface area contributed by atoms with E-state index >= 15 is 0 Å². The molecule has 2 aromatic carbocycles. The number of hydrogen-bond acceptors (Lipinski definition) is 2. The lowest BCUT2D eigenvalue weighted by Gasteiger charge is -2.11. The van der Waals surface area contributed by atoms with Crippen LogP contribution in [0.25, 0.3) is 0 Å². The Kier molecular flexibility index (Phi) is 5.51. The third kappa shape index (κ3) is 4.13. The van der Waals surface area contributed by atoms with Crippen LogP contribution in [0.2, 0.25) is 10.0 Å². The predicted octanol–water partition coefficient (Wildman–Crippen LogP) is 4.73. The van der Waals surface area contributed by atoms with Crippen LogP contribution in [0.4, 0.5) is 5.69 Å². The van der Waals surface area contributed by atoms with E-state index in [9.17, 15) is 4.79 Å². The van der Waals surface area contributed by atoms with Crippen LogP contribution in [0.5, 0.6) is 0 Å². The molecular weight excluding hydrogens is 375 g/mol. The third-order valence-electron chi connectivity index (χ3n) is 2.92. The maximum Gasteiger partial charge on any atom is 0.251 e. The van der Waals surface area contributed by atoms with Gasteiger partial charge in [0.05, 0.1) is 15.7 Å². The summed E-state index contributed by atoms with van der Waals surface area (Å²) >= 11 is 15.7. The molecule has 110 valence electrons. The zero-order chi connectivity index (χ0) is 15.4. The summed E-state index contributed by atoms with van der Waals surface area (Å²) in [5, 5.41) is 6.89. The minimum atomic E-state index is -0.103. The second kappa shape index (κ2) is 7.16. The van der Waals surface area contributed by atoms with Gasteiger partial charge in [-0.05, 0) is 29.8 Å². The number of hydrogen-bond donors (Lipinski definition) is 2. The van der Waals surface area contributed by atoms with Gasteiger partial charge in [-0.25, -0.2) is 0 Å². The molecule has 6 heteroatoms. The Morgan fingerprint density at radius 1 is 1.14 bits per heavy atom. The van der Waals surface area contributed by atoms with Crippen LogP contribution in [-0.4, -0.2) is 13.0 Å². The summed E-state index contributed by atoms with van der Waals surface area (Å²) in [6.45, 7) is 0.565. The molecule has 0 radical (unpaired) electrons. The molecule has 0 saturated heterocycles. The lowest BCUT2D eigenvalue weighted by Crippen LogP contribution is -2.17. The Balaban J connectivity index is 2.08. The Bertz CT molecular complexity index is 636. The second-order valence-electron chi connectivity index (χ2n) is 4.37. The lowest BCUT2D eigenvalue weighted by molar-refractivity contribution is 0.0963. The second-order valence-corrected chi connectivity index (χ2v) is 6.10. The summed E-state index contributed by atoms with van der Waals surface area (Å²) in [7, 11) is 1.61. The summed E-state index contributed by atoms with van der Waals surface area (Å²) in [4.78, 5) is 11.5. The monoisotopic (exact) mass is 386 g/mol. The smallest absolute Gasteiger partial charge is 0.251 e. The molecule has 2 N–H and O–H groups in total. The minimum Gasteiger partial charge on any atom is -0.379 e. The van der Waals surface area contributed by atoms with Crippen LogP contribution in [-0.2, 0) is 6.54 Å². The van der Waals surface area contributed by atoms with Crippen molar-refractivity contribution in [3.63, 3.8) is 0 Å². The molecule has 0 atom stereocenters. The highest BCUT2D eigenvalue weighted by Crippen LogP contribution is 2.34. The molecule has 2 aromatic rings. The van der Waals surface area contributed by atoms with Crippen molar-refractivity contribution in [3.05, 3.63) is 62.0 Å². The van der Waals surface area contributed by atoms with Crippen molar-refractivity contribution in [2.75, 3.05) is 12.4 Å². The van der Waals surface area contributed by atoms with Crippen LogP contribution in [0.3, 0.4) is 0 Å². The number of carbonyl (C=O) groups is 1. The van der Waals surface area contributed by atoms with Gasteiger partial charge >= 0.3 is 0 Å². The number of amides is 1. The average molecular weight is 388 g/mol. The Hall–Kier alpha value is -1.23. The van der Waals surface area contributed by atoms with Crippen LogP contribution in [0, 0.1) is 0 Å². The van der Waals surface area contributed by atoms with Crippen LogP contribution >= 0.6 is 39.1 Å². The van der Waals surface area contributed by atoms with Crippen molar-refractivity contribution in [2.24, 2.45) is 0 Å². The van der Waals surface area contributed by atoms with Crippen molar-refractivity contribution >= 4 is 50.7 Å². The number of rotatable bonds is 4. The predicted molar refractivity (Wildman–Crippen MR) is 91.3 cm³/mol. The van der Waals surface area contributed by atoms with Crippen molar-refractivity contribution < 1.29 is 4.79 Å². The molecule has 3 nitrogen and oxygen atoms in total. The van der Waals surface area contributed by atoms with Gasteiger partial charge in [0.2, 0.25) is 0 Å². The number of nitrogens with one attached hydrogen (secondary N) is 2. The van der Waals surface area contributed by atoms with Crippen LogP contribution < -0.4 is 10.6 Å². The van der Waals surface area contributed by atoms with Crippen molar-refractivity contribution in [1.82, 2.24) is 5.32 Å². The van der Waals surface area contributed by atoms with E-state index in [2.05, 4.69) is 26.6 Å². The molecule has 2 rings (SSSR count). The lowest BCUT2D eigenvalue weighted by atomic mass is 10.1. The largest absolute Gasteiger partial charge is 0.379 e. The number of anilines is 1. The Morgan fingerprint density at radius 2 is 1.71 bits per heavy atom. The molecule has 0 saturated carbocycles. The van der Waals surface area contributed by atoms with Gasteiger partial charge in [0.1, 0.15) is 0 Å². The Labute approximate surface area is 141 Å². The molecular formula is C15H13BrCl2N2O. The highest BCUT2D eigenvalue weighted by Gasteiger charge is 2.08. The normalized spacial score (nSPS) is 10.3. The van der Waals surface area contributed by atoms with E-state index in [0.29, 0.717) is 27.8 Å². The molecule has 0 aliphatic heterocycles. The molecule has 0 aliphatic carbocycles. The van der Waals surface area contributed by atoms with Crippen molar-refractivity contribution in [3.8, 4) is 0 Å². The minimum absolute atomic E-state index is 0.103. The molecule has 0 unspecified atom stereocenters. The molecule has 0 heterocycles. The quantitative estimate of drug-likeness (QED) is 0.796. The molecule has 21 heavy (non-hydrogen) atoms. The van der Waals surface area contributed by atoms with Crippen molar-refractivity contribution in [2.45, 2.75) is 6.54 Å². The third-order valence-corrected chi connectivity index (χ3v) is 3.97. The fraction of sp³-hybridized carbons (Fsp3) is 0.133. The van der Waals surface area contributed by atoms with E-state index in [1.807, 2.05) is 12.1 Å². The first-order chi connectivity index (χ1) is 10.0. The van der Waals surface area contributed by atoms with Gasteiger partial charge in [-0.3, -0.25) is 4.79 Å². The van der Waals surface area contributed by atoms with E-state index in [4.69, 9.17) is 23.2 Å². The van der Waals surface area contributed by atoms with Gasteiger partial charge in [0, 0.05) is 23.6 Å². The fourth-order valence-corrected chi connectivity index (χ4v) is 3.16. The SMILES string of the molecule is CNC(=O)c1ccc(CNc2c(Cl)cc(Br)cc2Cl)cc1. The van der Waals surface area contributed by atoms with E-state index in [-0.39, 0.29) is 5.91 Å². The van der Waals surface area contributed by atoms with Gasteiger partial charge in [-0.1, -0.05) is 51.3 Å². The molecule has 1 amide bonds. The first kappa shape index (κ1) is 16.1. The zero-order valence-corrected chi connectivity index (χ0v) is 14.3. The number of carbonyl (C=O) groups excluding carboxylic acids is 1. The summed E-state index contributed by atoms with van der Waals surface area (Å²) in [6, 6.07) is 10.9. The average Bonchev–Trinajstić information content (AvgIpc) is 2.46. The van der Waals surface area contributed by atoms with E-state index in [1.54, 1.807) is 31.3 Å². The van der Waals surface area contributed by atoms with Crippen LogP contribution in [0.15, 0.2) is 40.9 Å². The number of halogens is 3. The van der Waals surface area contributed by atoms with Gasteiger partial charge in [-0.15, -0.1) is 0 Å². The zero-order valence-electron chi connectivity index (χ0n) is 11.2. The highest BCUT2D eigenvalue weighted by molar-refractivity contribution is 9.10.